The Morgan fingerprint density at radius 3 is 2.88 bits per heavy atom. The molecule has 1 N–H and O–H groups in total. The average molecular weight is 423 g/mol. The van der Waals surface area contributed by atoms with Crippen molar-refractivity contribution in [2.24, 2.45) is 16.9 Å². The van der Waals surface area contributed by atoms with Crippen molar-refractivity contribution in [1.82, 2.24) is 10.3 Å². The number of carbonyl (C=O) groups is 2. The van der Waals surface area contributed by atoms with Crippen molar-refractivity contribution < 1.29 is 14.0 Å². The first-order valence-corrected chi connectivity index (χ1v) is 9.66. The molecule has 1 aromatic carbocycles. The molecule has 4 rings (SSSR count). The van der Waals surface area contributed by atoms with E-state index in [2.05, 4.69) is 26.5 Å². The predicted octanol–water partition coefficient (Wildman–Crippen LogP) is 2.48. The summed E-state index contributed by atoms with van der Waals surface area (Å²) in [5.41, 5.74) is 3.09. The minimum Gasteiger partial charge on any atom is -0.342 e. The highest BCUT2D eigenvalue weighted by molar-refractivity contribution is 9.10. The van der Waals surface area contributed by atoms with E-state index in [4.69, 9.17) is 0 Å². The molecular formula is C18H20BrFN4O2. The van der Waals surface area contributed by atoms with Gasteiger partial charge in [-0.15, -0.1) is 0 Å². The number of benzene rings is 1. The second-order valence-electron chi connectivity index (χ2n) is 7.12. The van der Waals surface area contributed by atoms with E-state index in [0.29, 0.717) is 29.0 Å². The predicted molar refractivity (Wildman–Crippen MR) is 99.0 cm³/mol. The Bertz CT molecular complexity index is 768. The minimum absolute atomic E-state index is 0.229. The van der Waals surface area contributed by atoms with Crippen molar-refractivity contribution >= 4 is 39.6 Å². The van der Waals surface area contributed by atoms with E-state index < -0.39 is 12.0 Å². The van der Waals surface area contributed by atoms with Gasteiger partial charge < -0.3 is 4.90 Å². The fraction of sp³-hybridized carbons (Fsp3) is 0.500. The lowest BCUT2D eigenvalue weighted by molar-refractivity contribution is -0.131. The van der Waals surface area contributed by atoms with Crippen molar-refractivity contribution in [1.29, 1.82) is 0 Å². The summed E-state index contributed by atoms with van der Waals surface area (Å²) in [5.74, 6) is 0.978. The van der Waals surface area contributed by atoms with Gasteiger partial charge in [-0.1, -0.05) is 15.9 Å². The molecule has 8 heteroatoms. The molecule has 1 aromatic rings. The molecule has 1 unspecified atom stereocenters. The first-order chi connectivity index (χ1) is 12.6. The Balaban J connectivity index is 1.48. The molecule has 0 radical (unpaired) electrons. The summed E-state index contributed by atoms with van der Waals surface area (Å²) in [6.07, 6.45) is 3.52. The van der Waals surface area contributed by atoms with Gasteiger partial charge in [-0.3, -0.25) is 19.9 Å². The number of anilines is 1. The van der Waals surface area contributed by atoms with Crippen LogP contribution in [0.3, 0.4) is 0 Å². The number of nitrogens with one attached hydrogen (secondary N) is 1. The Kier molecular flexibility index (Phi) is 4.69. The lowest BCUT2D eigenvalue weighted by Gasteiger charge is -2.25. The maximum absolute atomic E-state index is 14.4. The smallest absolute Gasteiger partial charge is 0.225 e. The van der Waals surface area contributed by atoms with Crippen LogP contribution in [0.25, 0.3) is 0 Å². The van der Waals surface area contributed by atoms with Gasteiger partial charge in [0.2, 0.25) is 5.91 Å². The first kappa shape index (κ1) is 17.5. The van der Waals surface area contributed by atoms with Crippen LogP contribution < -0.4 is 10.3 Å². The van der Waals surface area contributed by atoms with E-state index in [-0.39, 0.29) is 17.7 Å². The van der Waals surface area contributed by atoms with Crippen LogP contribution in [-0.4, -0.2) is 42.2 Å². The molecular weight excluding hydrogens is 403 g/mol. The largest absolute Gasteiger partial charge is 0.342 e. The molecule has 2 fully saturated rings. The van der Waals surface area contributed by atoms with Gasteiger partial charge in [0.25, 0.3) is 0 Å². The number of amidine groups is 1. The van der Waals surface area contributed by atoms with E-state index in [1.165, 1.54) is 6.07 Å². The monoisotopic (exact) mass is 422 g/mol. The molecule has 0 aromatic heterocycles. The van der Waals surface area contributed by atoms with Gasteiger partial charge in [-0.2, -0.15) is 5.10 Å². The molecule has 1 amide bonds. The molecule has 2 aliphatic heterocycles. The molecule has 0 spiro atoms. The fourth-order valence-electron chi connectivity index (χ4n) is 3.66. The molecule has 26 heavy (non-hydrogen) atoms. The van der Waals surface area contributed by atoms with Crippen LogP contribution in [0.1, 0.15) is 25.7 Å². The number of carbonyl (C=O) groups excluding carboxylic acids is 2. The standard InChI is InChI=1S/C18H20BrFN4O2/c19-13-3-4-15(14(20)8-13)24-16(21-22-17(24)10-25)7-11-5-6-23(9-11)18(26)12-1-2-12/h3-4,8,10-12,17,22H,1-2,5-7,9H2/t11-,17?/m0/s1. The van der Waals surface area contributed by atoms with Crippen LogP contribution >= 0.6 is 15.9 Å². The van der Waals surface area contributed by atoms with Crippen molar-refractivity contribution in [2.45, 2.75) is 31.8 Å². The summed E-state index contributed by atoms with van der Waals surface area (Å²) in [4.78, 5) is 27.2. The number of hydrogen-bond donors (Lipinski definition) is 1. The summed E-state index contributed by atoms with van der Waals surface area (Å²) in [6.45, 7) is 1.47. The Morgan fingerprint density at radius 1 is 1.38 bits per heavy atom. The van der Waals surface area contributed by atoms with Crippen molar-refractivity contribution in [3.8, 4) is 0 Å². The molecule has 2 heterocycles. The number of nitrogens with zero attached hydrogens (tertiary/aromatic N) is 3. The number of aldehydes is 1. The highest BCUT2D eigenvalue weighted by atomic mass is 79.9. The lowest BCUT2D eigenvalue weighted by Crippen LogP contribution is -2.42. The second kappa shape index (κ2) is 6.98. The highest BCUT2D eigenvalue weighted by Crippen LogP contribution is 2.34. The summed E-state index contributed by atoms with van der Waals surface area (Å²) in [7, 11) is 0. The van der Waals surface area contributed by atoms with Crippen LogP contribution in [-0.2, 0) is 9.59 Å². The van der Waals surface area contributed by atoms with Crippen LogP contribution in [0.2, 0.25) is 0 Å². The van der Waals surface area contributed by atoms with E-state index in [9.17, 15) is 14.0 Å². The normalized spacial score (nSPS) is 25.2. The third-order valence-electron chi connectivity index (χ3n) is 5.18. The second-order valence-corrected chi connectivity index (χ2v) is 8.04. The zero-order valence-electron chi connectivity index (χ0n) is 14.2. The van der Waals surface area contributed by atoms with Crippen molar-refractivity contribution in [3.05, 3.63) is 28.5 Å². The Hall–Kier alpha value is -1.96. The van der Waals surface area contributed by atoms with E-state index >= 15 is 0 Å². The third kappa shape index (κ3) is 3.34. The molecule has 1 saturated carbocycles. The van der Waals surface area contributed by atoms with Crippen LogP contribution in [0, 0.1) is 17.7 Å². The van der Waals surface area contributed by atoms with Gasteiger partial charge in [0.15, 0.2) is 12.5 Å². The molecule has 6 nitrogen and oxygen atoms in total. The first-order valence-electron chi connectivity index (χ1n) is 8.87. The van der Waals surface area contributed by atoms with Crippen LogP contribution in [0.4, 0.5) is 10.1 Å². The molecule has 3 aliphatic rings. The zero-order valence-corrected chi connectivity index (χ0v) is 15.8. The Labute approximate surface area is 159 Å². The maximum atomic E-state index is 14.4. The van der Waals surface area contributed by atoms with Gasteiger partial charge in [0.05, 0.1) is 5.69 Å². The summed E-state index contributed by atoms with van der Waals surface area (Å²) < 4.78 is 15.1. The van der Waals surface area contributed by atoms with E-state index in [0.717, 1.165) is 32.1 Å². The third-order valence-corrected chi connectivity index (χ3v) is 5.67. The molecule has 0 bridgehead atoms. The van der Waals surface area contributed by atoms with E-state index in [1.807, 2.05) is 4.90 Å². The Morgan fingerprint density at radius 2 is 2.19 bits per heavy atom. The minimum atomic E-state index is -0.716. The summed E-state index contributed by atoms with van der Waals surface area (Å²) >= 11 is 3.25. The number of hydrazone groups is 1. The molecule has 1 saturated heterocycles. The fourth-order valence-corrected chi connectivity index (χ4v) is 3.99. The zero-order chi connectivity index (χ0) is 18.3. The van der Waals surface area contributed by atoms with Crippen LogP contribution in [0.15, 0.2) is 27.8 Å². The van der Waals surface area contributed by atoms with Crippen molar-refractivity contribution in [3.63, 3.8) is 0 Å². The van der Waals surface area contributed by atoms with Gasteiger partial charge in [0, 0.05) is 29.9 Å². The number of halogens is 2. The van der Waals surface area contributed by atoms with Crippen LogP contribution in [0.5, 0.6) is 0 Å². The molecule has 2 atom stereocenters. The summed E-state index contributed by atoms with van der Waals surface area (Å²) in [6, 6.07) is 4.75. The summed E-state index contributed by atoms with van der Waals surface area (Å²) in [5, 5.41) is 4.27. The topological polar surface area (TPSA) is 65.0 Å². The SMILES string of the molecule is O=CC1NN=C(C[C@@H]2CCN(C(=O)C3CC3)C2)N1c1ccc(Br)cc1F. The number of amides is 1. The van der Waals surface area contributed by atoms with Gasteiger partial charge in [-0.25, -0.2) is 4.39 Å². The molecule has 1 aliphatic carbocycles. The average Bonchev–Trinajstić information content (AvgIpc) is 3.24. The van der Waals surface area contributed by atoms with Gasteiger partial charge in [-0.05, 0) is 43.4 Å². The lowest BCUT2D eigenvalue weighted by atomic mass is 10.0. The maximum Gasteiger partial charge on any atom is 0.225 e. The molecule has 138 valence electrons. The number of rotatable bonds is 5. The van der Waals surface area contributed by atoms with Crippen molar-refractivity contribution in [2.75, 3.05) is 18.0 Å². The van der Waals surface area contributed by atoms with Gasteiger partial charge >= 0.3 is 0 Å². The highest BCUT2D eigenvalue weighted by Gasteiger charge is 2.38. The van der Waals surface area contributed by atoms with E-state index in [1.54, 1.807) is 17.0 Å². The number of hydrogen-bond acceptors (Lipinski definition) is 5. The quantitative estimate of drug-likeness (QED) is 0.740. The van der Waals surface area contributed by atoms with Gasteiger partial charge in [0.1, 0.15) is 11.7 Å². The number of likely N-dealkylation sites (tertiary alicyclic amines) is 1.